The second kappa shape index (κ2) is 14.5. The molecule has 0 aliphatic rings. The molecule has 66 heavy (non-hydrogen) atoms. The van der Waals surface area contributed by atoms with E-state index in [2.05, 4.69) is 203 Å². The molecule has 0 aliphatic heterocycles. The van der Waals surface area contributed by atoms with Crippen LogP contribution in [0.15, 0.2) is 216 Å². The highest BCUT2D eigenvalue weighted by atomic mass is 16.1. The average Bonchev–Trinajstić information content (AvgIpc) is 3.37. The maximum atomic E-state index is 15.4. The minimum atomic E-state index is -0.0671. The first-order valence-corrected chi connectivity index (χ1v) is 22.4. The molecule has 2 heterocycles. The minimum Gasteiger partial charge on any atom is -0.343 e. The van der Waals surface area contributed by atoms with Gasteiger partial charge in [-0.15, -0.1) is 0 Å². The molecule has 11 aromatic carbocycles. The fourth-order valence-corrected chi connectivity index (χ4v) is 10.5. The lowest BCUT2D eigenvalue weighted by Crippen LogP contribution is -2.14. The van der Waals surface area contributed by atoms with Gasteiger partial charge in [-0.25, -0.2) is 0 Å². The third-order valence-electron chi connectivity index (χ3n) is 14.0. The van der Waals surface area contributed by atoms with Crippen molar-refractivity contribution in [2.45, 2.75) is 0 Å². The van der Waals surface area contributed by atoms with E-state index in [0.29, 0.717) is 32.6 Å². The minimum absolute atomic E-state index is 0.0671. The van der Waals surface area contributed by atoms with E-state index < -0.39 is 0 Å². The summed E-state index contributed by atoms with van der Waals surface area (Å²) in [6.45, 7) is 0. The Kier molecular flexibility index (Phi) is 8.31. The van der Waals surface area contributed by atoms with Gasteiger partial charge in [-0.3, -0.25) is 9.59 Å². The molecule has 0 atom stereocenters. The third-order valence-corrected chi connectivity index (χ3v) is 14.0. The number of hydrogen-bond acceptors (Lipinski definition) is 2. The number of rotatable bonds is 4. The number of pyridine rings is 2. The second-order valence-electron chi connectivity index (χ2n) is 17.7. The van der Waals surface area contributed by atoms with Crippen molar-refractivity contribution >= 4 is 86.7 Å². The number of nitrogens with zero attached hydrogens (tertiary/aromatic N) is 2. The molecule has 2 aromatic heterocycles. The van der Waals surface area contributed by atoms with Crippen molar-refractivity contribution in [2.24, 2.45) is 14.1 Å². The molecule has 0 saturated heterocycles. The van der Waals surface area contributed by atoms with Crippen LogP contribution in [-0.2, 0) is 14.1 Å². The van der Waals surface area contributed by atoms with Crippen molar-refractivity contribution in [3.05, 3.63) is 227 Å². The summed E-state index contributed by atoms with van der Waals surface area (Å²) in [4.78, 5) is 30.8. The Morgan fingerprint density at radius 3 is 0.924 bits per heavy atom. The van der Waals surface area contributed by atoms with Crippen molar-refractivity contribution < 1.29 is 0 Å². The van der Waals surface area contributed by atoms with Crippen molar-refractivity contribution in [1.82, 2.24) is 9.13 Å². The summed E-state index contributed by atoms with van der Waals surface area (Å²) < 4.78 is 4.22. The van der Waals surface area contributed by atoms with Crippen LogP contribution >= 0.6 is 0 Å². The molecule has 0 unspecified atom stereocenters. The summed E-state index contributed by atoms with van der Waals surface area (Å²) in [6.07, 6.45) is 0. The number of fused-ring (bicyclic) bond motifs is 8. The molecule has 13 rings (SSSR count). The van der Waals surface area contributed by atoms with Gasteiger partial charge in [0, 0.05) is 24.9 Å². The first-order valence-electron chi connectivity index (χ1n) is 22.4. The molecule has 0 N–H and O–H groups in total. The summed E-state index contributed by atoms with van der Waals surface area (Å²) in [6, 6.07) is 72.0. The molecule has 0 bridgehead atoms. The summed E-state index contributed by atoms with van der Waals surface area (Å²) in [7, 11) is 4.04. The summed E-state index contributed by atoms with van der Waals surface area (Å²) in [5.74, 6) is 0. The highest BCUT2D eigenvalue weighted by molar-refractivity contribution is 6.11. The zero-order chi connectivity index (χ0) is 44.2. The van der Waals surface area contributed by atoms with E-state index >= 15 is 9.59 Å². The van der Waals surface area contributed by atoms with Crippen LogP contribution in [0.5, 0.6) is 0 Å². The number of hydrogen-bond donors (Lipinski definition) is 0. The van der Waals surface area contributed by atoms with Crippen molar-refractivity contribution in [3.8, 4) is 44.5 Å². The lowest BCUT2D eigenvalue weighted by atomic mass is 9.91. The molecule has 0 aliphatic carbocycles. The first kappa shape index (κ1) is 37.9. The molecule has 4 nitrogen and oxygen atoms in total. The van der Waals surface area contributed by atoms with Gasteiger partial charge in [0.2, 0.25) is 0 Å². The van der Waals surface area contributed by atoms with E-state index in [9.17, 15) is 0 Å². The van der Waals surface area contributed by atoms with Gasteiger partial charge in [0.05, 0.1) is 32.8 Å². The van der Waals surface area contributed by atoms with Crippen LogP contribution < -0.4 is 10.9 Å². The number of aryl methyl sites for hydroxylation is 2. The van der Waals surface area contributed by atoms with Crippen LogP contribution in [0.2, 0.25) is 0 Å². The normalized spacial score (nSPS) is 11.9. The van der Waals surface area contributed by atoms with Gasteiger partial charge in [0.25, 0.3) is 0 Å². The Labute approximate surface area is 379 Å². The summed E-state index contributed by atoms with van der Waals surface area (Å²) in [5, 5.41) is 11.6. The van der Waals surface area contributed by atoms with Gasteiger partial charge in [-0.1, -0.05) is 146 Å². The Bertz CT molecular complexity index is 4080. The molecule has 0 radical (unpaired) electrons. The fraction of sp³-hybridized carbons (Fsp3) is 0.0323. The van der Waals surface area contributed by atoms with Gasteiger partial charge >= 0.3 is 0 Å². The van der Waals surface area contributed by atoms with Gasteiger partial charge < -0.3 is 9.13 Å². The zero-order valence-corrected chi connectivity index (χ0v) is 36.3. The first-order chi connectivity index (χ1) is 32.3. The van der Waals surface area contributed by atoms with Crippen LogP contribution in [0.3, 0.4) is 0 Å². The van der Waals surface area contributed by atoms with Gasteiger partial charge in [0.15, 0.2) is 10.9 Å². The summed E-state index contributed by atoms with van der Waals surface area (Å²) in [5.41, 5.74) is 10.7. The molecular formula is C62H40N2O2. The predicted molar refractivity (Wildman–Crippen MR) is 279 cm³/mol. The Morgan fingerprint density at radius 1 is 0.273 bits per heavy atom. The van der Waals surface area contributed by atoms with Crippen LogP contribution in [0.25, 0.3) is 131 Å². The van der Waals surface area contributed by atoms with E-state index in [0.717, 1.165) is 87.9 Å². The average molecular weight is 845 g/mol. The van der Waals surface area contributed by atoms with Gasteiger partial charge in [0.1, 0.15) is 0 Å². The molecule has 0 spiro atoms. The molecule has 0 saturated carbocycles. The maximum absolute atomic E-state index is 15.4. The van der Waals surface area contributed by atoms with E-state index in [1.165, 1.54) is 10.8 Å². The molecule has 310 valence electrons. The Morgan fingerprint density at radius 2 is 0.576 bits per heavy atom. The number of benzene rings is 11. The largest absolute Gasteiger partial charge is 0.343 e. The van der Waals surface area contributed by atoms with Gasteiger partial charge in [-0.2, -0.15) is 0 Å². The monoisotopic (exact) mass is 844 g/mol. The third kappa shape index (κ3) is 5.85. The van der Waals surface area contributed by atoms with Gasteiger partial charge in [-0.05, 0) is 148 Å². The highest BCUT2D eigenvalue weighted by Crippen LogP contribution is 2.39. The van der Waals surface area contributed by atoms with E-state index in [4.69, 9.17) is 0 Å². The highest BCUT2D eigenvalue weighted by Gasteiger charge is 2.21. The van der Waals surface area contributed by atoms with Crippen LogP contribution in [0.4, 0.5) is 0 Å². The molecule has 0 amide bonds. The lowest BCUT2D eigenvalue weighted by molar-refractivity contribution is 0.994. The van der Waals surface area contributed by atoms with Crippen LogP contribution in [0.1, 0.15) is 0 Å². The molecular weight excluding hydrogens is 805 g/mol. The zero-order valence-electron chi connectivity index (χ0n) is 36.3. The second-order valence-corrected chi connectivity index (χ2v) is 17.7. The Balaban J connectivity index is 1.11. The number of aromatic nitrogens is 2. The van der Waals surface area contributed by atoms with Crippen molar-refractivity contribution in [2.75, 3.05) is 0 Å². The SMILES string of the molecule is Cn1c2cc3c(=O)c4c(-c5ccc6ccccc6c5)cc(-c5ccc6ccccc6c5)cc4n(C)c3cc2c(=O)c2c(-c3ccc4ccccc4c3)cc(-c3ccc4ccccc4c3)cc21. The molecule has 4 heteroatoms. The van der Waals surface area contributed by atoms with E-state index in [-0.39, 0.29) is 10.9 Å². The summed E-state index contributed by atoms with van der Waals surface area (Å²) >= 11 is 0. The topological polar surface area (TPSA) is 44.0 Å². The predicted octanol–water partition coefficient (Wildman–Crippen LogP) is 15.0. The van der Waals surface area contributed by atoms with Crippen molar-refractivity contribution in [1.29, 1.82) is 0 Å². The van der Waals surface area contributed by atoms with E-state index in [1.807, 2.05) is 26.2 Å². The van der Waals surface area contributed by atoms with Crippen LogP contribution in [0, 0.1) is 0 Å². The smallest absolute Gasteiger partial charge is 0.197 e. The Hall–Kier alpha value is -8.60. The molecule has 13 aromatic rings. The maximum Gasteiger partial charge on any atom is 0.197 e. The lowest BCUT2D eigenvalue weighted by Gasteiger charge is -2.19. The standard InChI is InChI=1S/C62H40N2O2/c1-63-55-35-54-56(64(2)58-34-50(46-24-20-38-12-4-8-16-42(38)28-46)32-52(60(58)62(54)66)48-26-22-40-14-6-10-18-44(40)30-48)36-53(55)61(65)59-51(47-25-21-39-13-5-9-17-43(39)29-47)31-49(33-57(59)63)45-23-19-37-11-3-7-15-41(37)27-45/h3-36H,1-2H3. The van der Waals surface area contributed by atoms with E-state index in [1.54, 1.807) is 0 Å². The molecule has 0 fully saturated rings. The van der Waals surface area contributed by atoms with Crippen LogP contribution in [-0.4, -0.2) is 9.13 Å². The quantitative estimate of drug-likeness (QED) is 0.166. The van der Waals surface area contributed by atoms with Crippen molar-refractivity contribution in [3.63, 3.8) is 0 Å². The fourth-order valence-electron chi connectivity index (χ4n) is 10.5.